The maximum absolute atomic E-state index is 12.0. The second kappa shape index (κ2) is 6.51. The van der Waals surface area contributed by atoms with Gasteiger partial charge in [-0.3, -0.25) is 4.79 Å². The molecule has 0 aliphatic heterocycles. The van der Waals surface area contributed by atoms with Crippen LogP contribution in [0.5, 0.6) is 0 Å². The van der Waals surface area contributed by atoms with Gasteiger partial charge in [-0.1, -0.05) is 35.0 Å². The predicted octanol–water partition coefficient (Wildman–Crippen LogP) is 3.16. The normalized spacial score (nSPS) is 10.8. The number of amides is 1. The Labute approximate surface area is 139 Å². The molecule has 0 radical (unpaired) electrons. The number of nitrogens with one attached hydrogen (secondary N) is 1. The van der Waals surface area contributed by atoms with E-state index in [2.05, 4.69) is 20.6 Å². The first-order valence-electron chi connectivity index (χ1n) is 6.16. The number of carbonyl (C=O) groups is 1. The van der Waals surface area contributed by atoms with Gasteiger partial charge in [0.1, 0.15) is 11.4 Å². The van der Waals surface area contributed by atoms with Gasteiger partial charge in [0, 0.05) is 5.02 Å². The maximum Gasteiger partial charge on any atom is 0.234 e. The molecule has 0 bridgehead atoms. The number of fused-ring (bicyclic) bond motifs is 1. The molecular formula is C13H9Cl2N5OS. The van der Waals surface area contributed by atoms with Gasteiger partial charge in [0.15, 0.2) is 5.65 Å². The fourth-order valence-corrected chi connectivity index (χ4v) is 2.82. The Kier molecular flexibility index (Phi) is 4.47. The third-order valence-corrected chi connectivity index (χ3v) is 4.16. The summed E-state index contributed by atoms with van der Waals surface area (Å²) >= 11 is 13.1. The molecule has 0 saturated carbocycles. The first-order chi connectivity index (χ1) is 10.6. The Morgan fingerprint density at radius 2 is 2.14 bits per heavy atom. The zero-order valence-corrected chi connectivity index (χ0v) is 13.4. The number of hydrogen-bond acceptors (Lipinski definition) is 5. The summed E-state index contributed by atoms with van der Waals surface area (Å²) in [5.74, 6) is 0.0273. The molecule has 1 amide bonds. The van der Waals surface area contributed by atoms with Crippen molar-refractivity contribution in [1.82, 2.24) is 19.8 Å². The summed E-state index contributed by atoms with van der Waals surface area (Å²) in [5, 5.41) is 16.2. The highest BCUT2D eigenvalue weighted by atomic mass is 35.5. The van der Waals surface area contributed by atoms with Crippen LogP contribution in [0, 0.1) is 0 Å². The van der Waals surface area contributed by atoms with Gasteiger partial charge in [-0.15, -0.1) is 10.2 Å². The van der Waals surface area contributed by atoms with Gasteiger partial charge in [0.25, 0.3) is 0 Å². The lowest BCUT2D eigenvalue weighted by Gasteiger charge is -2.07. The van der Waals surface area contributed by atoms with Gasteiger partial charge < -0.3 is 5.32 Å². The average Bonchev–Trinajstić information content (AvgIpc) is 2.95. The second-order valence-electron chi connectivity index (χ2n) is 4.27. The Balaban J connectivity index is 1.62. The third kappa shape index (κ3) is 3.49. The zero-order valence-electron chi connectivity index (χ0n) is 11.0. The third-order valence-electron chi connectivity index (χ3n) is 2.69. The van der Waals surface area contributed by atoms with Gasteiger partial charge in [0.05, 0.1) is 16.5 Å². The summed E-state index contributed by atoms with van der Waals surface area (Å²) in [7, 11) is 0. The molecule has 0 fully saturated rings. The summed E-state index contributed by atoms with van der Waals surface area (Å²) in [6, 6.07) is 8.48. The number of halogens is 2. The van der Waals surface area contributed by atoms with E-state index in [0.29, 0.717) is 26.4 Å². The molecule has 3 aromatic rings. The zero-order chi connectivity index (χ0) is 15.5. The highest BCUT2D eigenvalue weighted by Gasteiger charge is 2.08. The molecule has 112 valence electrons. The molecule has 0 aliphatic carbocycles. The second-order valence-corrected chi connectivity index (χ2v) is 6.11. The molecule has 0 spiro atoms. The highest BCUT2D eigenvalue weighted by Crippen LogP contribution is 2.25. The van der Waals surface area contributed by atoms with E-state index in [1.54, 1.807) is 34.8 Å². The lowest BCUT2D eigenvalue weighted by molar-refractivity contribution is -0.113. The Bertz CT molecular complexity index is 838. The standard InChI is InChI=1S/C13H9Cl2N5OS/c14-8-1-2-10(9(15)5-8)17-12(21)6-22-13-4-3-11-18-16-7-20(11)19-13/h1-5,7H,6H2,(H,17,21). The fraction of sp³-hybridized carbons (Fsp3) is 0.0769. The molecule has 22 heavy (non-hydrogen) atoms. The van der Waals surface area contributed by atoms with Crippen LogP contribution >= 0.6 is 35.0 Å². The Morgan fingerprint density at radius 3 is 2.95 bits per heavy atom. The molecule has 6 nitrogen and oxygen atoms in total. The van der Waals surface area contributed by atoms with Crippen molar-refractivity contribution in [1.29, 1.82) is 0 Å². The van der Waals surface area contributed by atoms with Crippen LogP contribution in [0.3, 0.4) is 0 Å². The minimum atomic E-state index is -0.181. The van der Waals surface area contributed by atoms with E-state index in [0.717, 1.165) is 0 Å². The molecule has 0 atom stereocenters. The number of hydrogen-bond donors (Lipinski definition) is 1. The molecule has 9 heteroatoms. The monoisotopic (exact) mass is 353 g/mol. The van der Waals surface area contributed by atoms with Crippen LogP contribution in [0.15, 0.2) is 41.7 Å². The van der Waals surface area contributed by atoms with Crippen molar-refractivity contribution < 1.29 is 4.79 Å². The summed E-state index contributed by atoms with van der Waals surface area (Å²) in [4.78, 5) is 12.0. The average molecular weight is 354 g/mol. The number of benzene rings is 1. The molecule has 1 aromatic carbocycles. The predicted molar refractivity (Wildman–Crippen MR) is 86.6 cm³/mol. The van der Waals surface area contributed by atoms with Gasteiger partial charge in [0.2, 0.25) is 5.91 Å². The van der Waals surface area contributed by atoms with E-state index in [1.807, 2.05) is 0 Å². The van der Waals surface area contributed by atoms with Crippen LogP contribution in [0.4, 0.5) is 5.69 Å². The number of carbonyl (C=O) groups excluding carboxylic acids is 1. The first-order valence-corrected chi connectivity index (χ1v) is 7.91. The van der Waals surface area contributed by atoms with Crippen LogP contribution in [-0.4, -0.2) is 31.5 Å². The van der Waals surface area contributed by atoms with Crippen LogP contribution in [0.25, 0.3) is 5.65 Å². The molecule has 0 aliphatic rings. The van der Waals surface area contributed by atoms with E-state index in [1.165, 1.54) is 18.1 Å². The van der Waals surface area contributed by atoms with Crippen molar-refractivity contribution in [3.8, 4) is 0 Å². The minimum Gasteiger partial charge on any atom is -0.324 e. The number of thioether (sulfide) groups is 1. The fourth-order valence-electron chi connectivity index (χ4n) is 1.70. The molecule has 3 rings (SSSR count). The number of nitrogens with zero attached hydrogens (tertiary/aromatic N) is 4. The molecule has 2 heterocycles. The van der Waals surface area contributed by atoms with Gasteiger partial charge in [-0.2, -0.15) is 9.61 Å². The number of rotatable bonds is 4. The smallest absolute Gasteiger partial charge is 0.234 e. The topological polar surface area (TPSA) is 72.2 Å². The summed E-state index contributed by atoms with van der Waals surface area (Å²) < 4.78 is 1.55. The summed E-state index contributed by atoms with van der Waals surface area (Å²) in [5.41, 5.74) is 1.18. The van der Waals surface area contributed by atoms with E-state index in [9.17, 15) is 4.79 Å². The van der Waals surface area contributed by atoms with E-state index >= 15 is 0 Å². The van der Waals surface area contributed by atoms with Crippen LogP contribution in [0.1, 0.15) is 0 Å². The van der Waals surface area contributed by atoms with Crippen molar-refractivity contribution >= 4 is 52.2 Å². The lowest BCUT2D eigenvalue weighted by atomic mass is 10.3. The van der Waals surface area contributed by atoms with Crippen molar-refractivity contribution in [2.75, 3.05) is 11.1 Å². The van der Waals surface area contributed by atoms with Crippen LogP contribution in [-0.2, 0) is 4.79 Å². The largest absolute Gasteiger partial charge is 0.324 e. The minimum absolute atomic E-state index is 0.181. The first kappa shape index (κ1) is 15.1. The number of anilines is 1. The molecule has 0 unspecified atom stereocenters. The highest BCUT2D eigenvalue weighted by molar-refractivity contribution is 7.99. The van der Waals surface area contributed by atoms with Gasteiger partial charge in [-0.05, 0) is 30.3 Å². The molecule has 2 aromatic heterocycles. The van der Waals surface area contributed by atoms with Crippen molar-refractivity contribution in [2.24, 2.45) is 0 Å². The van der Waals surface area contributed by atoms with E-state index in [-0.39, 0.29) is 11.7 Å². The maximum atomic E-state index is 12.0. The Hall–Kier alpha value is -1.83. The summed E-state index contributed by atoms with van der Waals surface area (Å²) in [6.45, 7) is 0. The van der Waals surface area contributed by atoms with E-state index in [4.69, 9.17) is 23.2 Å². The van der Waals surface area contributed by atoms with E-state index < -0.39 is 0 Å². The molecular weight excluding hydrogens is 345 g/mol. The quantitative estimate of drug-likeness (QED) is 0.729. The lowest BCUT2D eigenvalue weighted by Crippen LogP contribution is -2.14. The number of aromatic nitrogens is 4. The van der Waals surface area contributed by atoms with Crippen molar-refractivity contribution in [3.63, 3.8) is 0 Å². The molecule has 1 N–H and O–H groups in total. The SMILES string of the molecule is O=C(CSc1ccc2nncn2n1)Nc1ccc(Cl)cc1Cl. The van der Waals surface area contributed by atoms with Crippen molar-refractivity contribution in [2.45, 2.75) is 5.03 Å². The molecule has 0 saturated heterocycles. The van der Waals surface area contributed by atoms with Crippen LogP contribution in [0.2, 0.25) is 10.0 Å². The van der Waals surface area contributed by atoms with Crippen LogP contribution < -0.4 is 5.32 Å². The summed E-state index contributed by atoms with van der Waals surface area (Å²) in [6.07, 6.45) is 1.51. The van der Waals surface area contributed by atoms with Gasteiger partial charge in [-0.25, -0.2) is 0 Å². The Morgan fingerprint density at radius 1 is 1.27 bits per heavy atom. The van der Waals surface area contributed by atoms with Gasteiger partial charge >= 0.3 is 0 Å². The van der Waals surface area contributed by atoms with Crippen molar-refractivity contribution in [3.05, 3.63) is 46.7 Å².